The van der Waals surface area contributed by atoms with Gasteiger partial charge in [0.2, 0.25) is 10.0 Å². The highest BCUT2D eigenvalue weighted by Gasteiger charge is 2.42. The third-order valence-electron chi connectivity index (χ3n) is 4.60. The van der Waals surface area contributed by atoms with Crippen molar-refractivity contribution in [2.45, 2.75) is 16.9 Å². The number of methoxy groups -OCH3 is 1. The molecule has 2 aliphatic rings. The van der Waals surface area contributed by atoms with Gasteiger partial charge in [-0.25, -0.2) is 8.42 Å². The SMILES string of the molecule is COc1cccc(S(=O)(=O)N2CC[C@](O)(CN3CCOCC3)C2)c1. The van der Waals surface area contributed by atoms with E-state index < -0.39 is 15.6 Å². The average Bonchev–Trinajstić information content (AvgIpc) is 2.98. The van der Waals surface area contributed by atoms with Crippen LogP contribution < -0.4 is 4.74 Å². The summed E-state index contributed by atoms with van der Waals surface area (Å²) in [7, 11) is -2.13. The fourth-order valence-electron chi connectivity index (χ4n) is 3.24. The van der Waals surface area contributed by atoms with Gasteiger partial charge in [-0.05, 0) is 18.6 Å². The number of sulfonamides is 1. The molecule has 2 aliphatic heterocycles. The Hall–Kier alpha value is -1.19. The van der Waals surface area contributed by atoms with Crippen LogP contribution in [0, 0.1) is 0 Å². The molecule has 0 amide bonds. The largest absolute Gasteiger partial charge is 0.497 e. The Morgan fingerprint density at radius 3 is 2.75 bits per heavy atom. The highest BCUT2D eigenvalue weighted by molar-refractivity contribution is 7.89. The van der Waals surface area contributed by atoms with E-state index in [-0.39, 0.29) is 11.4 Å². The van der Waals surface area contributed by atoms with Gasteiger partial charge in [0.1, 0.15) is 5.75 Å². The molecule has 3 rings (SSSR count). The van der Waals surface area contributed by atoms with Crippen LogP contribution >= 0.6 is 0 Å². The number of hydrogen-bond acceptors (Lipinski definition) is 6. The zero-order valence-corrected chi connectivity index (χ0v) is 14.7. The summed E-state index contributed by atoms with van der Waals surface area (Å²) in [5.41, 5.74) is -1.01. The van der Waals surface area contributed by atoms with Gasteiger partial charge in [0.25, 0.3) is 0 Å². The number of morpholine rings is 1. The van der Waals surface area contributed by atoms with E-state index in [2.05, 4.69) is 4.90 Å². The molecular formula is C16H24N2O5S. The first kappa shape index (κ1) is 17.6. The maximum atomic E-state index is 12.8. The zero-order chi connectivity index (χ0) is 17.2. The van der Waals surface area contributed by atoms with Gasteiger partial charge < -0.3 is 14.6 Å². The van der Waals surface area contributed by atoms with E-state index in [1.807, 2.05) is 0 Å². The maximum Gasteiger partial charge on any atom is 0.243 e. The van der Waals surface area contributed by atoms with E-state index in [1.54, 1.807) is 18.2 Å². The third kappa shape index (κ3) is 3.73. The lowest BCUT2D eigenvalue weighted by Crippen LogP contribution is -2.49. The summed E-state index contributed by atoms with van der Waals surface area (Å²) in [6, 6.07) is 6.42. The maximum absolute atomic E-state index is 12.8. The van der Waals surface area contributed by atoms with Gasteiger partial charge in [0.15, 0.2) is 0 Å². The molecule has 134 valence electrons. The van der Waals surface area contributed by atoms with Crippen LogP contribution in [0.1, 0.15) is 6.42 Å². The van der Waals surface area contributed by atoms with Crippen molar-refractivity contribution >= 4 is 10.0 Å². The molecule has 1 aromatic carbocycles. The highest BCUT2D eigenvalue weighted by Crippen LogP contribution is 2.29. The van der Waals surface area contributed by atoms with E-state index in [1.165, 1.54) is 17.5 Å². The Kier molecular flexibility index (Phi) is 5.12. The molecule has 1 N–H and O–H groups in total. The van der Waals surface area contributed by atoms with Crippen molar-refractivity contribution < 1.29 is 23.0 Å². The predicted octanol–water partition coefficient (Wildman–Crippen LogP) is 0.153. The van der Waals surface area contributed by atoms with Crippen LogP contribution in [0.2, 0.25) is 0 Å². The van der Waals surface area contributed by atoms with Crippen LogP contribution in [0.3, 0.4) is 0 Å². The van der Waals surface area contributed by atoms with Crippen LogP contribution in [0.25, 0.3) is 0 Å². The molecule has 0 aliphatic carbocycles. The quantitative estimate of drug-likeness (QED) is 0.809. The van der Waals surface area contributed by atoms with Crippen LogP contribution in [0.4, 0.5) is 0 Å². The van der Waals surface area contributed by atoms with E-state index >= 15 is 0 Å². The summed E-state index contributed by atoms with van der Waals surface area (Å²) in [6.07, 6.45) is 0.438. The summed E-state index contributed by atoms with van der Waals surface area (Å²) >= 11 is 0. The molecule has 0 spiro atoms. The first-order valence-electron chi connectivity index (χ1n) is 8.10. The first-order valence-corrected chi connectivity index (χ1v) is 9.54. The van der Waals surface area contributed by atoms with Crippen molar-refractivity contribution in [1.29, 1.82) is 0 Å². The van der Waals surface area contributed by atoms with Gasteiger partial charge in [-0.15, -0.1) is 0 Å². The molecular weight excluding hydrogens is 332 g/mol. The molecule has 2 saturated heterocycles. The Labute approximate surface area is 142 Å². The summed E-state index contributed by atoms with van der Waals surface area (Å²) in [5.74, 6) is 0.499. The lowest BCUT2D eigenvalue weighted by molar-refractivity contribution is -0.0239. The summed E-state index contributed by atoms with van der Waals surface area (Å²) in [6.45, 7) is 3.75. The zero-order valence-electron chi connectivity index (χ0n) is 13.8. The summed E-state index contributed by atoms with van der Waals surface area (Å²) < 4.78 is 37.4. The molecule has 0 aromatic heterocycles. The smallest absolute Gasteiger partial charge is 0.243 e. The molecule has 0 unspecified atom stereocenters. The molecule has 0 bridgehead atoms. The number of benzene rings is 1. The standard InChI is InChI=1S/C16H24N2O5S/c1-22-14-3-2-4-15(11-14)24(20,21)18-6-5-16(19,13-18)12-17-7-9-23-10-8-17/h2-4,11,19H,5-10,12-13H2,1H3/t16-/m0/s1. The number of nitrogens with zero attached hydrogens (tertiary/aromatic N) is 2. The van der Waals surface area contributed by atoms with Crippen molar-refractivity contribution in [3.05, 3.63) is 24.3 Å². The molecule has 2 heterocycles. The Morgan fingerprint density at radius 2 is 2.04 bits per heavy atom. The topological polar surface area (TPSA) is 79.3 Å². The van der Waals surface area contributed by atoms with Gasteiger partial charge in [0, 0.05) is 38.8 Å². The molecule has 24 heavy (non-hydrogen) atoms. The molecule has 2 fully saturated rings. The van der Waals surface area contributed by atoms with Crippen molar-refractivity contribution in [2.75, 3.05) is 53.0 Å². The summed E-state index contributed by atoms with van der Waals surface area (Å²) in [4.78, 5) is 2.32. The molecule has 7 nitrogen and oxygen atoms in total. The number of β-amino-alcohol motifs (C(OH)–C–C–N with tert-alkyl or cyclic N) is 1. The van der Waals surface area contributed by atoms with Gasteiger partial charge in [-0.3, -0.25) is 4.90 Å². The molecule has 1 aromatic rings. The molecule has 1 atom stereocenters. The van der Waals surface area contributed by atoms with Crippen LogP contribution in [0.5, 0.6) is 5.75 Å². The molecule has 0 radical (unpaired) electrons. The minimum Gasteiger partial charge on any atom is -0.497 e. The second-order valence-electron chi connectivity index (χ2n) is 6.38. The highest BCUT2D eigenvalue weighted by atomic mass is 32.2. The minimum absolute atomic E-state index is 0.115. The fourth-order valence-corrected chi connectivity index (χ4v) is 4.80. The molecule has 8 heteroatoms. The van der Waals surface area contributed by atoms with Crippen molar-refractivity contribution in [2.24, 2.45) is 0 Å². The monoisotopic (exact) mass is 356 g/mol. The average molecular weight is 356 g/mol. The first-order chi connectivity index (χ1) is 11.4. The summed E-state index contributed by atoms with van der Waals surface area (Å²) in [5, 5.41) is 10.8. The van der Waals surface area contributed by atoms with Crippen LogP contribution in [0.15, 0.2) is 29.2 Å². The Balaban J connectivity index is 1.71. The second kappa shape index (κ2) is 6.97. The lowest BCUT2D eigenvalue weighted by atomic mass is 10.0. The fraction of sp³-hybridized carbons (Fsp3) is 0.625. The lowest BCUT2D eigenvalue weighted by Gasteiger charge is -2.33. The van der Waals surface area contributed by atoms with Crippen molar-refractivity contribution in [3.8, 4) is 5.75 Å². The van der Waals surface area contributed by atoms with Gasteiger partial charge >= 0.3 is 0 Å². The third-order valence-corrected chi connectivity index (χ3v) is 6.44. The van der Waals surface area contributed by atoms with Crippen LogP contribution in [-0.4, -0.2) is 81.4 Å². The minimum atomic E-state index is -3.63. The van der Waals surface area contributed by atoms with Gasteiger partial charge in [-0.2, -0.15) is 4.31 Å². The van der Waals surface area contributed by atoms with E-state index in [9.17, 15) is 13.5 Å². The normalized spacial score (nSPS) is 26.6. The number of hydrogen-bond donors (Lipinski definition) is 1. The second-order valence-corrected chi connectivity index (χ2v) is 8.32. The van der Waals surface area contributed by atoms with E-state index in [0.29, 0.717) is 38.5 Å². The van der Waals surface area contributed by atoms with Crippen LogP contribution in [-0.2, 0) is 14.8 Å². The Morgan fingerprint density at radius 1 is 1.29 bits per heavy atom. The number of ether oxygens (including phenoxy) is 2. The van der Waals surface area contributed by atoms with E-state index in [0.717, 1.165) is 13.1 Å². The number of rotatable bonds is 5. The van der Waals surface area contributed by atoms with Crippen molar-refractivity contribution in [3.63, 3.8) is 0 Å². The van der Waals surface area contributed by atoms with Crippen molar-refractivity contribution in [1.82, 2.24) is 9.21 Å². The molecule has 0 saturated carbocycles. The predicted molar refractivity (Wildman–Crippen MR) is 88.6 cm³/mol. The van der Waals surface area contributed by atoms with Gasteiger partial charge in [-0.1, -0.05) is 6.07 Å². The van der Waals surface area contributed by atoms with E-state index in [4.69, 9.17) is 9.47 Å². The number of aliphatic hydroxyl groups is 1. The Bertz CT molecular complexity index is 675. The van der Waals surface area contributed by atoms with Gasteiger partial charge in [0.05, 0.1) is 30.8 Å².